The van der Waals surface area contributed by atoms with Crippen LogP contribution in [0.5, 0.6) is 23.0 Å². The van der Waals surface area contributed by atoms with Gasteiger partial charge < -0.3 is 28.9 Å². The van der Waals surface area contributed by atoms with Gasteiger partial charge in [-0.25, -0.2) is 4.57 Å². The molecule has 0 atom stereocenters. The normalized spacial score (nSPS) is 11.4. The summed E-state index contributed by atoms with van der Waals surface area (Å²) in [5.74, 6) is 4.26. The zero-order valence-electron chi connectivity index (χ0n) is 39.8. The molecule has 0 aliphatic carbocycles. The second kappa shape index (κ2) is 37.5. The van der Waals surface area contributed by atoms with Gasteiger partial charge in [0.2, 0.25) is 0 Å². The molecule has 2 aromatic rings. The number of hydrogen-bond acceptors (Lipinski definition) is 4. The summed E-state index contributed by atoms with van der Waals surface area (Å²) in [7, 11) is -4.64. The molecular weight excluding hydrogens is 768 g/mol. The minimum atomic E-state index is -4.64. The quantitative estimate of drug-likeness (QED) is 0.0456. The Bertz CT molecular complexity index is 1260. The van der Waals surface area contributed by atoms with Crippen molar-refractivity contribution in [3.8, 4) is 23.0 Å². The first kappa shape index (κ1) is 56.0. The van der Waals surface area contributed by atoms with E-state index < -0.39 is 7.82 Å². The zero-order valence-corrected chi connectivity index (χ0v) is 40.7. The lowest BCUT2D eigenvalue weighted by atomic mass is 9.93. The molecule has 0 aliphatic heterocycles. The molecule has 2 aromatic carbocycles. The summed E-state index contributed by atoms with van der Waals surface area (Å²) in [6.07, 6.45) is 41.2. The summed E-state index contributed by atoms with van der Waals surface area (Å²) in [5.41, 5.74) is 5.60. The molecule has 0 saturated heterocycles. The van der Waals surface area contributed by atoms with E-state index in [1.165, 1.54) is 202 Å². The molecular formula is C52H93O7P. The Labute approximate surface area is 369 Å². The van der Waals surface area contributed by atoms with Gasteiger partial charge in [-0.2, -0.15) is 0 Å². The summed E-state index contributed by atoms with van der Waals surface area (Å²) in [6.45, 7) is 14.9. The number of phosphoric acid groups is 1. The number of benzene rings is 2. The van der Waals surface area contributed by atoms with Crippen LogP contribution in [0.1, 0.15) is 244 Å². The first-order valence-electron chi connectivity index (χ1n) is 25.2. The minimum absolute atomic E-state index is 0.699. The highest BCUT2D eigenvalue weighted by Crippen LogP contribution is 2.40. The van der Waals surface area contributed by atoms with Crippen molar-refractivity contribution in [3.63, 3.8) is 0 Å². The molecule has 0 heterocycles. The summed E-state index contributed by atoms with van der Waals surface area (Å²) in [4.78, 5) is 21.6. The van der Waals surface area contributed by atoms with Crippen LogP contribution >= 0.6 is 7.82 Å². The second-order valence-corrected chi connectivity index (χ2v) is 18.0. The highest BCUT2D eigenvalue weighted by molar-refractivity contribution is 7.45. The molecule has 0 unspecified atom stereocenters. The fourth-order valence-electron chi connectivity index (χ4n) is 8.32. The van der Waals surface area contributed by atoms with Crippen molar-refractivity contribution in [3.05, 3.63) is 46.5 Å². The molecule has 0 fully saturated rings. The van der Waals surface area contributed by atoms with Crippen LogP contribution < -0.4 is 14.2 Å². The fourth-order valence-corrected chi connectivity index (χ4v) is 8.32. The first-order valence-corrected chi connectivity index (χ1v) is 26.7. The maximum absolute atomic E-state index is 8.88. The van der Waals surface area contributed by atoms with E-state index in [1.54, 1.807) is 0 Å². The number of unbranched alkanes of at least 4 members (excludes halogenated alkanes) is 24. The molecule has 0 amide bonds. The minimum Gasteiger partial charge on any atom is -0.494 e. The Morgan fingerprint density at radius 3 is 0.783 bits per heavy atom. The Kier molecular flexibility index (Phi) is 35.0. The molecule has 2 rings (SSSR count). The van der Waals surface area contributed by atoms with Crippen LogP contribution in [0.4, 0.5) is 0 Å². The van der Waals surface area contributed by atoms with Crippen LogP contribution in [0.25, 0.3) is 0 Å². The third kappa shape index (κ3) is 27.8. The summed E-state index contributed by atoms with van der Waals surface area (Å²) >= 11 is 0. The van der Waals surface area contributed by atoms with Gasteiger partial charge >= 0.3 is 7.82 Å². The van der Waals surface area contributed by atoms with E-state index in [0.29, 0.717) is 13.2 Å². The topological polar surface area (TPSA) is 105 Å². The summed E-state index contributed by atoms with van der Waals surface area (Å²) < 4.78 is 28.9. The molecule has 3 N–H and O–H groups in total. The smallest absolute Gasteiger partial charge is 0.466 e. The number of ether oxygens (including phenoxy) is 3. The van der Waals surface area contributed by atoms with Crippen molar-refractivity contribution >= 4 is 7.82 Å². The van der Waals surface area contributed by atoms with Crippen LogP contribution in [0.15, 0.2) is 24.3 Å². The van der Waals surface area contributed by atoms with E-state index in [2.05, 4.69) is 65.8 Å². The molecule has 348 valence electrons. The lowest BCUT2D eigenvalue weighted by molar-refractivity contribution is 0.275. The molecule has 60 heavy (non-hydrogen) atoms. The van der Waals surface area contributed by atoms with Crippen molar-refractivity contribution in [1.29, 1.82) is 0 Å². The monoisotopic (exact) mass is 861 g/mol. The summed E-state index contributed by atoms with van der Waals surface area (Å²) in [5, 5.41) is 0. The Hall–Kier alpha value is -2.05. The first-order chi connectivity index (χ1) is 29.1. The van der Waals surface area contributed by atoms with Crippen molar-refractivity contribution in [2.24, 2.45) is 0 Å². The highest BCUT2D eigenvalue weighted by atomic mass is 31.2. The molecule has 7 nitrogen and oxygen atoms in total. The van der Waals surface area contributed by atoms with Gasteiger partial charge in [-0.3, -0.25) is 0 Å². The number of rotatable bonds is 38. The largest absolute Gasteiger partial charge is 0.494 e. The number of hydrogen-bond donors (Lipinski definition) is 3. The van der Waals surface area contributed by atoms with E-state index in [0.717, 1.165) is 48.7 Å². The van der Waals surface area contributed by atoms with Gasteiger partial charge in [-0.05, 0) is 89.5 Å². The van der Waals surface area contributed by atoms with E-state index in [-0.39, 0.29) is 0 Å². The molecule has 0 aliphatic rings. The highest BCUT2D eigenvalue weighted by Gasteiger charge is 2.20. The van der Waals surface area contributed by atoms with Crippen molar-refractivity contribution in [2.45, 2.75) is 247 Å². The van der Waals surface area contributed by atoms with Gasteiger partial charge in [-0.1, -0.05) is 182 Å². The van der Waals surface area contributed by atoms with Crippen LogP contribution in [0.3, 0.4) is 0 Å². The molecule has 0 aromatic heterocycles. The molecule has 0 saturated carbocycles. The van der Waals surface area contributed by atoms with Crippen LogP contribution in [-0.2, 0) is 30.2 Å². The Morgan fingerprint density at radius 2 is 0.550 bits per heavy atom. The average Bonchev–Trinajstić information content (AvgIpc) is 3.21. The molecule has 0 radical (unpaired) electrons. The standard InChI is InChI=1S/C52H90O3.H3O4P/c1-7-13-17-21-25-29-33-37-45-47(39-35-31-27-23-19-15-9-3)51(43-41-49(45)53-11-5)55-52-44-42-50(54-12-6)46(38-34-30-26-22-18-14-8-2)48(52)40-36-32-28-24-20-16-10-4;1-5(2,3)4/h41-44H,7-40H2,1-6H3;(H3,1,2,3,4). The summed E-state index contributed by atoms with van der Waals surface area (Å²) in [6, 6.07) is 8.90. The van der Waals surface area contributed by atoms with E-state index >= 15 is 0 Å². The predicted octanol–water partition coefficient (Wildman–Crippen LogP) is 16.5. The van der Waals surface area contributed by atoms with Crippen LogP contribution in [0, 0.1) is 0 Å². The maximum atomic E-state index is 8.88. The molecule has 0 bridgehead atoms. The lowest BCUT2D eigenvalue weighted by Crippen LogP contribution is -2.07. The van der Waals surface area contributed by atoms with Gasteiger partial charge in [0, 0.05) is 22.3 Å². The molecule has 0 spiro atoms. The Balaban J connectivity index is 0.00000338. The molecule has 8 heteroatoms. The Morgan fingerprint density at radius 1 is 0.350 bits per heavy atom. The van der Waals surface area contributed by atoms with Gasteiger partial charge in [0.05, 0.1) is 13.2 Å². The van der Waals surface area contributed by atoms with Crippen molar-refractivity contribution in [2.75, 3.05) is 13.2 Å². The lowest BCUT2D eigenvalue weighted by Gasteiger charge is -2.23. The second-order valence-electron chi connectivity index (χ2n) is 17.0. The predicted molar refractivity (Wildman–Crippen MR) is 256 cm³/mol. The van der Waals surface area contributed by atoms with Gasteiger partial charge in [0.1, 0.15) is 23.0 Å². The SMILES string of the molecule is CCCCCCCCCc1c(OCC)ccc(Oc2ccc(OCC)c(CCCCCCCCC)c2CCCCCCCCC)c1CCCCCCCCC.O=P(O)(O)O. The average molecular weight is 861 g/mol. The van der Waals surface area contributed by atoms with E-state index in [1.807, 2.05) is 0 Å². The van der Waals surface area contributed by atoms with Crippen LogP contribution in [0.2, 0.25) is 0 Å². The van der Waals surface area contributed by atoms with Crippen molar-refractivity contribution in [1.82, 2.24) is 0 Å². The zero-order chi connectivity index (χ0) is 44.1. The maximum Gasteiger partial charge on any atom is 0.466 e. The van der Waals surface area contributed by atoms with Gasteiger partial charge in [-0.15, -0.1) is 0 Å². The third-order valence-electron chi connectivity index (χ3n) is 11.6. The van der Waals surface area contributed by atoms with Gasteiger partial charge in [0.25, 0.3) is 0 Å². The van der Waals surface area contributed by atoms with Crippen molar-refractivity contribution < 1.29 is 33.5 Å². The van der Waals surface area contributed by atoms with Gasteiger partial charge in [0.15, 0.2) is 0 Å². The van der Waals surface area contributed by atoms with E-state index in [4.69, 9.17) is 33.5 Å². The van der Waals surface area contributed by atoms with E-state index in [9.17, 15) is 0 Å². The third-order valence-corrected chi connectivity index (χ3v) is 11.6. The van der Waals surface area contributed by atoms with Crippen LogP contribution in [-0.4, -0.2) is 27.9 Å². The fraction of sp³-hybridized carbons (Fsp3) is 0.769.